The number of ether oxygens (including phenoxy) is 2. The summed E-state index contributed by atoms with van der Waals surface area (Å²) >= 11 is 0. The molecule has 0 bridgehead atoms. The van der Waals surface area contributed by atoms with Gasteiger partial charge in [-0.25, -0.2) is 9.59 Å². The van der Waals surface area contributed by atoms with Crippen LogP contribution in [0.2, 0.25) is 0 Å². The van der Waals surface area contributed by atoms with Crippen molar-refractivity contribution in [2.24, 2.45) is 22.7 Å². The maximum Gasteiger partial charge on any atom is 0.333 e. The third-order valence-electron chi connectivity index (χ3n) is 5.10. The molecule has 3 aliphatic rings. The molecular formula is C14H16O4. The molecule has 2 atom stereocenters. The van der Waals surface area contributed by atoms with Crippen LogP contribution in [-0.2, 0) is 19.1 Å². The van der Waals surface area contributed by atoms with Crippen LogP contribution in [0.3, 0.4) is 0 Å². The Morgan fingerprint density at radius 1 is 1.00 bits per heavy atom. The molecule has 0 aromatic heterocycles. The summed E-state index contributed by atoms with van der Waals surface area (Å²) in [5.41, 5.74) is 1.13. The third kappa shape index (κ3) is 0.982. The van der Waals surface area contributed by atoms with Crippen LogP contribution in [0.4, 0.5) is 0 Å². The van der Waals surface area contributed by atoms with Gasteiger partial charge >= 0.3 is 11.9 Å². The van der Waals surface area contributed by atoms with Crippen LogP contribution in [0.15, 0.2) is 23.3 Å². The summed E-state index contributed by atoms with van der Waals surface area (Å²) in [7, 11) is 2.78. The van der Waals surface area contributed by atoms with Gasteiger partial charge in [0, 0.05) is 28.4 Å². The van der Waals surface area contributed by atoms with Gasteiger partial charge in [0.25, 0.3) is 0 Å². The molecule has 3 aliphatic carbocycles. The Labute approximate surface area is 106 Å². The standard InChI is InChI=1S/C14H16O4/c1-13-5-7(11(15)17-3)9-10(14(9,13)2)8(6-13)12(16)18-4/h5-6,9-10H,1-4H3. The number of esters is 2. The summed E-state index contributed by atoms with van der Waals surface area (Å²) in [6.45, 7) is 4.19. The quantitative estimate of drug-likeness (QED) is 0.694. The van der Waals surface area contributed by atoms with Gasteiger partial charge in [0.2, 0.25) is 0 Å². The lowest BCUT2D eigenvalue weighted by Crippen LogP contribution is -2.18. The van der Waals surface area contributed by atoms with Crippen molar-refractivity contribution in [3.05, 3.63) is 23.3 Å². The van der Waals surface area contributed by atoms with Gasteiger partial charge in [0.05, 0.1) is 14.2 Å². The van der Waals surface area contributed by atoms with Gasteiger partial charge in [-0.1, -0.05) is 26.0 Å². The normalized spacial score (nSPS) is 42.9. The third-order valence-corrected chi connectivity index (χ3v) is 5.10. The van der Waals surface area contributed by atoms with Crippen LogP contribution < -0.4 is 0 Å². The second kappa shape index (κ2) is 3.05. The summed E-state index contributed by atoms with van der Waals surface area (Å²) in [4.78, 5) is 23.5. The van der Waals surface area contributed by atoms with E-state index in [1.165, 1.54) is 14.2 Å². The molecule has 0 saturated heterocycles. The second-order valence-corrected chi connectivity index (χ2v) is 5.70. The molecule has 0 aromatic rings. The lowest BCUT2D eigenvalue weighted by molar-refractivity contribution is -0.137. The van der Waals surface area contributed by atoms with Gasteiger partial charge in [-0.3, -0.25) is 0 Å². The number of fused-ring (bicyclic) bond motifs is 1. The lowest BCUT2D eigenvalue weighted by atomic mass is 9.79. The van der Waals surface area contributed by atoms with Crippen molar-refractivity contribution in [2.75, 3.05) is 14.2 Å². The highest BCUT2D eigenvalue weighted by molar-refractivity contribution is 5.97. The van der Waals surface area contributed by atoms with Gasteiger partial charge in [-0.05, 0) is 5.41 Å². The van der Waals surface area contributed by atoms with Gasteiger partial charge < -0.3 is 9.47 Å². The van der Waals surface area contributed by atoms with Crippen molar-refractivity contribution in [3.63, 3.8) is 0 Å². The molecular weight excluding hydrogens is 232 g/mol. The number of carbonyl (C=O) groups is 2. The Morgan fingerprint density at radius 3 is 1.67 bits per heavy atom. The minimum absolute atomic E-state index is 0.0555. The van der Waals surface area contributed by atoms with Gasteiger partial charge in [-0.15, -0.1) is 0 Å². The maximum absolute atomic E-state index is 11.8. The second-order valence-electron chi connectivity index (χ2n) is 5.70. The van der Waals surface area contributed by atoms with E-state index < -0.39 is 0 Å². The first-order valence-electron chi connectivity index (χ1n) is 6.03. The van der Waals surface area contributed by atoms with E-state index >= 15 is 0 Å². The van der Waals surface area contributed by atoms with Gasteiger partial charge in [0.1, 0.15) is 0 Å². The van der Waals surface area contributed by atoms with E-state index in [0.29, 0.717) is 11.1 Å². The molecule has 1 saturated carbocycles. The monoisotopic (exact) mass is 248 g/mol. The fourth-order valence-electron chi connectivity index (χ4n) is 3.97. The van der Waals surface area contributed by atoms with Crippen LogP contribution in [-0.4, -0.2) is 26.2 Å². The molecule has 0 aliphatic heterocycles. The Bertz CT molecular complexity index is 486. The Balaban J connectivity index is 2.02. The topological polar surface area (TPSA) is 52.6 Å². The van der Waals surface area contributed by atoms with E-state index in [9.17, 15) is 9.59 Å². The molecule has 4 nitrogen and oxygen atoms in total. The highest BCUT2D eigenvalue weighted by atomic mass is 16.5. The zero-order chi connectivity index (χ0) is 13.3. The first kappa shape index (κ1) is 11.5. The molecule has 96 valence electrons. The minimum Gasteiger partial charge on any atom is -0.466 e. The van der Waals surface area contributed by atoms with Crippen molar-refractivity contribution in [2.45, 2.75) is 13.8 Å². The predicted octanol–water partition coefficient (Wildman–Crippen LogP) is 1.47. The summed E-state index contributed by atoms with van der Waals surface area (Å²) in [6, 6.07) is 0. The summed E-state index contributed by atoms with van der Waals surface area (Å²) in [5.74, 6) is -0.350. The molecule has 0 amide bonds. The van der Waals surface area contributed by atoms with Gasteiger partial charge in [0.15, 0.2) is 0 Å². The lowest BCUT2D eigenvalue weighted by Gasteiger charge is -2.24. The fraction of sp³-hybridized carbons (Fsp3) is 0.571. The minimum atomic E-state index is -0.281. The van der Waals surface area contributed by atoms with Gasteiger partial charge in [-0.2, -0.15) is 0 Å². The summed E-state index contributed by atoms with van der Waals surface area (Å²) in [6.07, 6.45) is 3.91. The Morgan fingerprint density at radius 2 is 1.39 bits per heavy atom. The largest absolute Gasteiger partial charge is 0.466 e. The van der Waals surface area contributed by atoms with Crippen molar-refractivity contribution >= 4 is 11.9 Å². The SMILES string of the molecule is COC(=O)C1=CC2(C)C=C(C(=O)OC)C3C1C32C. The molecule has 4 heteroatoms. The van der Waals surface area contributed by atoms with E-state index in [1.54, 1.807) is 0 Å². The van der Waals surface area contributed by atoms with Crippen LogP contribution >= 0.6 is 0 Å². The van der Waals surface area contributed by atoms with Crippen LogP contribution in [0.5, 0.6) is 0 Å². The molecule has 18 heavy (non-hydrogen) atoms. The van der Waals surface area contributed by atoms with Crippen molar-refractivity contribution < 1.29 is 19.1 Å². The zero-order valence-corrected chi connectivity index (χ0v) is 10.9. The highest BCUT2D eigenvalue weighted by Crippen LogP contribution is 2.81. The molecule has 3 rings (SSSR count). The van der Waals surface area contributed by atoms with Crippen LogP contribution in [0.1, 0.15) is 13.8 Å². The van der Waals surface area contributed by atoms with Crippen molar-refractivity contribution in [3.8, 4) is 0 Å². The highest BCUT2D eigenvalue weighted by Gasteiger charge is 2.78. The van der Waals surface area contributed by atoms with Crippen LogP contribution in [0.25, 0.3) is 0 Å². The van der Waals surface area contributed by atoms with E-state index in [4.69, 9.17) is 9.47 Å². The van der Waals surface area contributed by atoms with E-state index in [0.717, 1.165) is 0 Å². The first-order valence-corrected chi connectivity index (χ1v) is 6.03. The van der Waals surface area contributed by atoms with Crippen molar-refractivity contribution in [1.82, 2.24) is 0 Å². The maximum atomic E-state index is 11.8. The predicted molar refractivity (Wildman–Crippen MR) is 63.4 cm³/mol. The Hall–Kier alpha value is -1.58. The smallest absolute Gasteiger partial charge is 0.333 e. The number of methoxy groups -OCH3 is 2. The Kier molecular flexibility index (Phi) is 1.95. The fourth-order valence-corrected chi connectivity index (χ4v) is 3.97. The molecule has 0 spiro atoms. The summed E-state index contributed by atoms with van der Waals surface area (Å²) < 4.78 is 9.64. The van der Waals surface area contributed by atoms with Crippen LogP contribution in [0, 0.1) is 22.7 Å². The summed E-state index contributed by atoms with van der Waals surface area (Å²) in [5, 5.41) is 0. The number of hydrogen-bond acceptors (Lipinski definition) is 4. The number of carbonyl (C=O) groups excluding carboxylic acids is 2. The molecule has 2 unspecified atom stereocenters. The van der Waals surface area contributed by atoms with E-state index in [-0.39, 0.29) is 34.6 Å². The molecule has 0 heterocycles. The molecule has 0 aromatic carbocycles. The van der Waals surface area contributed by atoms with Crippen molar-refractivity contribution in [1.29, 1.82) is 0 Å². The molecule has 0 radical (unpaired) electrons. The first-order chi connectivity index (χ1) is 8.40. The van der Waals surface area contributed by atoms with E-state index in [1.807, 2.05) is 12.2 Å². The number of allylic oxidation sites excluding steroid dienone is 2. The average molecular weight is 248 g/mol. The zero-order valence-electron chi connectivity index (χ0n) is 10.9. The molecule has 0 N–H and O–H groups in total. The molecule has 1 fully saturated rings. The van der Waals surface area contributed by atoms with E-state index in [2.05, 4.69) is 13.8 Å². The average Bonchev–Trinajstić information content (AvgIpc) is 2.88. The number of rotatable bonds is 2. The number of hydrogen-bond donors (Lipinski definition) is 0.